The van der Waals surface area contributed by atoms with Gasteiger partial charge < -0.3 is 18.6 Å². The number of furan rings is 1. The zero-order chi connectivity index (χ0) is 24.8. The fourth-order valence-corrected chi connectivity index (χ4v) is 3.51. The number of carbonyl (C=O) groups excluding carboxylic acids is 1. The summed E-state index contributed by atoms with van der Waals surface area (Å²) in [7, 11) is 1.30. The number of aryl methyl sites for hydroxylation is 1. The molecule has 0 aliphatic heterocycles. The van der Waals surface area contributed by atoms with Crippen LogP contribution < -0.4 is 9.47 Å². The van der Waals surface area contributed by atoms with E-state index in [1.54, 1.807) is 29.1 Å². The number of esters is 1. The van der Waals surface area contributed by atoms with Crippen molar-refractivity contribution in [2.24, 2.45) is 5.10 Å². The van der Waals surface area contributed by atoms with Crippen LogP contribution in [-0.2, 0) is 11.3 Å². The molecule has 0 unspecified atom stereocenters. The fraction of sp³-hybridized carbons (Fsp3) is 0.200. The highest BCUT2D eigenvalue weighted by Gasteiger charge is 2.13. The lowest BCUT2D eigenvalue weighted by Gasteiger charge is -2.12. The van der Waals surface area contributed by atoms with Gasteiger partial charge in [0.05, 0.1) is 19.9 Å². The van der Waals surface area contributed by atoms with E-state index in [4.69, 9.17) is 26.1 Å². The number of aromatic nitrogens is 3. The van der Waals surface area contributed by atoms with E-state index in [9.17, 15) is 4.79 Å². The topological polar surface area (TPSA) is 104 Å². The molecule has 0 atom stereocenters. The molecule has 0 bridgehead atoms. The molecule has 1 N–H and O–H groups in total. The third-order valence-electron chi connectivity index (χ3n) is 5.04. The van der Waals surface area contributed by atoms with Gasteiger partial charge in [-0.15, -0.1) is 0 Å². The van der Waals surface area contributed by atoms with Crippen LogP contribution in [0.25, 0.3) is 11.4 Å². The molecule has 0 aliphatic rings. The van der Waals surface area contributed by atoms with Gasteiger partial charge in [0.15, 0.2) is 17.3 Å². The Balaban J connectivity index is 1.54. The Morgan fingerprint density at radius 2 is 2.00 bits per heavy atom. The molecule has 0 saturated carbocycles. The number of nitrogens with zero attached hydrogens (tertiary/aromatic N) is 3. The summed E-state index contributed by atoms with van der Waals surface area (Å²) in [6, 6.07) is 16.5. The second-order valence-corrected chi connectivity index (χ2v) is 7.80. The van der Waals surface area contributed by atoms with Crippen molar-refractivity contribution in [3.63, 3.8) is 0 Å². The lowest BCUT2D eigenvalue weighted by molar-refractivity contribution is 0.0561. The van der Waals surface area contributed by atoms with E-state index >= 15 is 0 Å². The van der Waals surface area contributed by atoms with Crippen LogP contribution in [0.4, 0.5) is 0 Å². The molecule has 2 heterocycles. The zero-order valence-electron chi connectivity index (χ0n) is 19.5. The first-order chi connectivity index (χ1) is 17.0. The maximum atomic E-state index is 11.6. The Morgan fingerprint density at radius 3 is 2.77 bits per heavy atom. The highest BCUT2D eigenvalue weighted by atomic mass is 32.1. The average Bonchev–Trinajstić information content (AvgIpc) is 3.49. The molecule has 4 aromatic rings. The van der Waals surface area contributed by atoms with Crippen LogP contribution in [0.3, 0.4) is 0 Å². The largest absolute Gasteiger partial charge is 0.490 e. The van der Waals surface area contributed by atoms with Crippen molar-refractivity contribution >= 4 is 24.4 Å². The number of ether oxygens (including phenoxy) is 3. The first-order valence-corrected chi connectivity index (χ1v) is 11.3. The van der Waals surface area contributed by atoms with Crippen LogP contribution in [0.15, 0.2) is 64.1 Å². The fourth-order valence-electron chi connectivity index (χ4n) is 3.33. The summed E-state index contributed by atoms with van der Waals surface area (Å²) in [6.45, 7) is 4.47. The molecule has 9 nitrogen and oxygen atoms in total. The number of methoxy groups -OCH3 is 1. The molecule has 4 rings (SSSR count). The van der Waals surface area contributed by atoms with Crippen LogP contribution in [-0.4, -0.2) is 40.8 Å². The number of H-pyrrole nitrogens is 1. The van der Waals surface area contributed by atoms with Crippen LogP contribution in [0.1, 0.15) is 34.4 Å². The van der Waals surface area contributed by atoms with Gasteiger partial charge in [0, 0.05) is 5.56 Å². The summed E-state index contributed by atoms with van der Waals surface area (Å²) in [5.41, 5.74) is 2.78. The van der Waals surface area contributed by atoms with Crippen LogP contribution >= 0.6 is 12.2 Å². The maximum absolute atomic E-state index is 11.6. The van der Waals surface area contributed by atoms with Crippen molar-refractivity contribution in [1.29, 1.82) is 0 Å². The highest BCUT2D eigenvalue weighted by molar-refractivity contribution is 7.71. The Hall–Kier alpha value is -4.18. The van der Waals surface area contributed by atoms with Gasteiger partial charge in [-0.2, -0.15) is 14.9 Å². The molecule has 0 radical (unpaired) electrons. The molecular weight excluding hydrogens is 468 g/mol. The Labute approximate surface area is 207 Å². The first-order valence-electron chi connectivity index (χ1n) is 10.8. The molecule has 2 aromatic heterocycles. The third kappa shape index (κ3) is 5.49. The third-order valence-corrected chi connectivity index (χ3v) is 5.31. The standard InChI is InChI=1S/C25H24N4O5S/c1-4-32-22-13-17(9-11-20(22)33-15-18-10-12-21(34-18)24(30)31-3)14-26-29-23(27-28-25(29)35)19-8-6-5-7-16(19)2/h5-14H,4,15H2,1-3H3,(H,28,35)/b26-14+. The summed E-state index contributed by atoms with van der Waals surface area (Å²) >= 11 is 5.37. The summed E-state index contributed by atoms with van der Waals surface area (Å²) in [4.78, 5) is 11.6. The van der Waals surface area contributed by atoms with Gasteiger partial charge in [-0.3, -0.25) is 0 Å². The van der Waals surface area contributed by atoms with Crippen molar-refractivity contribution in [3.8, 4) is 22.9 Å². The molecule has 35 heavy (non-hydrogen) atoms. The summed E-state index contributed by atoms with van der Waals surface area (Å²) in [6.07, 6.45) is 1.68. The highest BCUT2D eigenvalue weighted by Crippen LogP contribution is 2.29. The normalized spacial score (nSPS) is 11.1. The predicted molar refractivity (Wildman–Crippen MR) is 133 cm³/mol. The van der Waals surface area contributed by atoms with E-state index in [1.807, 2.05) is 50.2 Å². The molecular formula is C25H24N4O5S. The van der Waals surface area contributed by atoms with Gasteiger partial charge in [-0.05, 0) is 67.5 Å². The van der Waals surface area contributed by atoms with Crippen LogP contribution in [0, 0.1) is 11.7 Å². The van der Waals surface area contributed by atoms with Gasteiger partial charge >= 0.3 is 5.97 Å². The number of hydrogen-bond donors (Lipinski definition) is 1. The number of aromatic amines is 1. The molecule has 180 valence electrons. The van der Waals surface area contributed by atoms with Gasteiger partial charge in [-0.1, -0.05) is 24.3 Å². The Morgan fingerprint density at radius 1 is 1.17 bits per heavy atom. The molecule has 0 spiro atoms. The van der Waals surface area contributed by atoms with Crippen molar-refractivity contribution in [2.75, 3.05) is 13.7 Å². The minimum Gasteiger partial charge on any atom is -0.490 e. The number of rotatable bonds is 9. The second-order valence-electron chi connectivity index (χ2n) is 7.41. The molecule has 2 aromatic carbocycles. The summed E-state index contributed by atoms with van der Waals surface area (Å²) < 4.78 is 23.7. The SMILES string of the molecule is CCOc1cc(/C=N/n2c(-c3ccccc3C)n[nH]c2=S)ccc1OCc1ccc(C(=O)OC)o1. The number of nitrogens with one attached hydrogen (secondary N) is 1. The van der Waals surface area contributed by atoms with E-state index in [0.717, 1.165) is 16.7 Å². The van der Waals surface area contributed by atoms with E-state index < -0.39 is 5.97 Å². The Bertz CT molecular complexity index is 1420. The quantitative estimate of drug-likeness (QED) is 0.196. The minimum atomic E-state index is -0.543. The zero-order valence-corrected chi connectivity index (χ0v) is 20.3. The first kappa shape index (κ1) is 24.0. The maximum Gasteiger partial charge on any atom is 0.373 e. The lowest BCUT2D eigenvalue weighted by Crippen LogP contribution is -2.01. The van der Waals surface area contributed by atoms with Gasteiger partial charge in [0.1, 0.15) is 12.4 Å². The number of benzene rings is 2. The smallest absolute Gasteiger partial charge is 0.373 e. The van der Waals surface area contributed by atoms with Gasteiger partial charge in [-0.25, -0.2) is 9.89 Å². The monoisotopic (exact) mass is 492 g/mol. The molecule has 0 fully saturated rings. The molecule has 0 amide bonds. The number of carbonyl (C=O) groups is 1. The van der Waals surface area contributed by atoms with Crippen molar-refractivity contribution in [1.82, 2.24) is 14.9 Å². The van der Waals surface area contributed by atoms with E-state index in [-0.39, 0.29) is 12.4 Å². The van der Waals surface area contributed by atoms with E-state index in [1.165, 1.54) is 7.11 Å². The van der Waals surface area contributed by atoms with E-state index in [2.05, 4.69) is 20.0 Å². The molecule has 0 aliphatic carbocycles. The van der Waals surface area contributed by atoms with E-state index in [0.29, 0.717) is 34.5 Å². The molecule has 0 saturated heterocycles. The van der Waals surface area contributed by atoms with Crippen molar-refractivity contribution in [2.45, 2.75) is 20.5 Å². The van der Waals surface area contributed by atoms with Crippen LogP contribution in [0.5, 0.6) is 11.5 Å². The summed E-state index contributed by atoms with van der Waals surface area (Å²) in [5.74, 6) is 1.76. The van der Waals surface area contributed by atoms with Gasteiger partial charge in [0.25, 0.3) is 0 Å². The Kier molecular flexibility index (Phi) is 7.41. The van der Waals surface area contributed by atoms with Crippen molar-refractivity contribution < 1.29 is 23.4 Å². The predicted octanol–water partition coefficient (Wildman–Crippen LogP) is 5.16. The lowest BCUT2D eigenvalue weighted by atomic mass is 10.1. The van der Waals surface area contributed by atoms with Crippen molar-refractivity contribution in [3.05, 3.63) is 82.0 Å². The van der Waals surface area contributed by atoms with Crippen LogP contribution in [0.2, 0.25) is 0 Å². The number of hydrogen-bond acceptors (Lipinski definition) is 8. The minimum absolute atomic E-state index is 0.116. The van der Waals surface area contributed by atoms with Gasteiger partial charge in [0.2, 0.25) is 10.5 Å². The molecule has 10 heteroatoms. The second kappa shape index (κ2) is 10.8. The summed E-state index contributed by atoms with van der Waals surface area (Å²) in [5, 5.41) is 11.7. The average molecular weight is 493 g/mol.